The van der Waals surface area contributed by atoms with E-state index in [4.69, 9.17) is 4.42 Å². The molecule has 0 saturated carbocycles. The molecule has 0 spiro atoms. The van der Waals surface area contributed by atoms with Crippen LogP contribution in [0.1, 0.15) is 63.0 Å². The average Bonchev–Trinajstić information content (AvgIpc) is 3.13. The highest BCUT2D eigenvalue weighted by atomic mass is 16.3. The molecule has 4 rings (SSSR count). The molecule has 0 unspecified atom stereocenters. The van der Waals surface area contributed by atoms with Crippen molar-refractivity contribution >= 4 is 22.1 Å². The summed E-state index contributed by atoms with van der Waals surface area (Å²) >= 11 is 0. The fourth-order valence-corrected chi connectivity index (χ4v) is 3.94. The van der Waals surface area contributed by atoms with Crippen LogP contribution in [0.2, 0.25) is 0 Å². The third kappa shape index (κ3) is 3.90. The molecule has 5 heteroatoms. The Morgan fingerprint density at radius 3 is 2.43 bits per heavy atom. The second kappa shape index (κ2) is 8.44. The maximum atomic E-state index is 12.5. The number of H-pyrrole nitrogens is 1. The first-order valence-corrected chi connectivity index (χ1v) is 10.7. The number of rotatable bonds is 7. The van der Waals surface area contributed by atoms with E-state index in [1.807, 2.05) is 24.3 Å². The van der Waals surface area contributed by atoms with E-state index < -0.39 is 0 Å². The third-order valence-corrected chi connectivity index (χ3v) is 5.91. The lowest BCUT2D eigenvalue weighted by Gasteiger charge is -2.23. The van der Waals surface area contributed by atoms with Crippen molar-refractivity contribution in [2.45, 2.75) is 52.6 Å². The summed E-state index contributed by atoms with van der Waals surface area (Å²) in [5.74, 6) is 1.57. The van der Waals surface area contributed by atoms with Gasteiger partial charge in [-0.25, -0.2) is 4.98 Å². The van der Waals surface area contributed by atoms with Gasteiger partial charge in [-0.05, 0) is 41.5 Å². The predicted molar refractivity (Wildman–Crippen MR) is 122 cm³/mol. The van der Waals surface area contributed by atoms with Crippen LogP contribution >= 0.6 is 0 Å². The Balaban J connectivity index is 1.59. The Morgan fingerprint density at radius 1 is 1.03 bits per heavy atom. The van der Waals surface area contributed by atoms with E-state index >= 15 is 0 Å². The van der Waals surface area contributed by atoms with Gasteiger partial charge in [-0.1, -0.05) is 64.1 Å². The Bertz CT molecular complexity index is 1200. The zero-order valence-electron chi connectivity index (χ0n) is 18.0. The molecule has 0 bridgehead atoms. The number of furan rings is 1. The fourth-order valence-electron chi connectivity index (χ4n) is 3.94. The minimum Gasteiger partial charge on any atom is -0.449 e. The smallest absolute Gasteiger partial charge is 0.294 e. The summed E-state index contributed by atoms with van der Waals surface area (Å²) in [6, 6.07) is 16.6. The molecule has 2 N–H and O–H groups in total. The van der Waals surface area contributed by atoms with Crippen molar-refractivity contribution in [2.75, 3.05) is 0 Å². The van der Waals surface area contributed by atoms with Crippen molar-refractivity contribution in [3.05, 3.63) is 75.8 Å². The van der Waals surface area contributed by atoms with Crippen LogP contribution in [0.15, 0.2) is 57.7 Å². The van der Waals surface area contributed by atoms with Gasteiger partial charge in [0, 0.05) is 11.4 Å². The van der Waals surface area contributed by atoms with E-state index in [2.05, 4.69) is 67.2 Å². The molecule has 2 aromatic carbocycles. The first-order valence-electron chi connectivity index (χ1n) is 10.7. The van der Waals surface area contributed by atoms with Gasteiger partial charge in [0.2, 0.25) is 5.58 Å². The number of para-hydroxylation sites is 1. The summed E-state index contributed by atoms with van der Waals surface area (Å²) in [5, 5.41) is 4.45. The third-order valence-electron chi connectivity index (χ3n) is 5.91. The van der Waals surface area contributed by atoms with Gasteiger partial charge in [0.1, 0.15) is 16.9 Å². The highest BCUT2D eigenvalue weighted by Crippen LogP contribution is 2.26. The first kappa shape index (κ1) is 20.4. The lowest BCUT2D eigenvalue weighted by Crippen LogP contribution is -2.27. The highest BCUT2D eigenvalue weighted by molar-refractivity contribution is 6.01. The molecule has 2 heterocycles. The van der Waals surface area contributed by atoms with Crippen molar-refractivity contribution in [2.24, 2.45) is 5.92 Å². The number of nitrogens with zero attached hydrogens (tertiary/aromatic N) is 1. The SMILES string of the molecule is CC[C@@H](C)c1ccc([C@H](NCc2nc3c(oc4ccccc43)c(=O)[nH]2)C(C)C)cc1. The first-order chi connectivity index (χ1) is 14.5. The highest BCUT2D eigenvalue weighted by Gasteiger charge is 2.18. The number of nitrogens with one attached hydrogen (secondary N) is 2. The number of benzene rings is 2. The standard InChI is InChI=1S/C25H29N3O2/c1-5-16(4)17-10-12-18(13-11-17)22(15(2)3)26-14-21-27-23-19-8-6-7-9-20(19)30-24(23)25(29)28-21/h6-13,15-16,22,26H,5,14H2,1-4H3,(H,27,28,29)/t16-,22-/m1/s1. The lowest BCUT2D eigenvalue weighted by molar-refractivity contribution is 0.405. The van der Waals surface area contributed by atoms with E-state index in [0.717, 1.165) is 11.8 Å². The van der Waals surface area contributed by atoms with Crippen LogP contribution in [0.5, 0.6) is 0 Å². The van der Waals surface area contributed by atoms with Crippen molar-refractivity contribution < 1.29 is 4.42 Å². The van der Waals surface area contributed by atoms with Gasteiger partial charge < -0.3 is 14.7 Å². The molecule has 0 radical (unpaired) electrons. The molecule has 2 aromatic heterocycles. The molecule has 30 heavy (non-hydrogen) atoms. The van der Waals surface area contributed by atoms with Crippen molar-refractivity contribution in [3.63, 3.8) is 0 Å². The van der Waals surface area contributed by atoms with Crippen molar-refractivity contribution in [1.82, 2.24) is 15.3 Å². The maximum absolute atomic E-state index is 12.5. The fraction of sp³-hybridized carbons (Fsp3) is 0.360. The van der Waals surface area contributed by atoms with Crippen LogP contribution in [0.25, 0.3) is 22.1 Å². The quantitative estimate of drug-likeness (QED) is 0.417. The zero-order valence-corrected chi connectivity index (χ0v) is 18.0. The number of fused-ring (bicyclic) bond motifs is 3. The van der Waals surface area contributed by atoms with E-state index in [1.165, 1.54) is 11.1 Å². The molecule has 0 saturated heterocycles. The van der Waals surface area contributed by atoms with E-state index in [0.29, 0.717) is 35.3 Å². The van der Waals surface area contributed by atoms with Crippen molar-refractivity contribution in [1.29, 1.82) is 0 Å². The lowest BCUT2D eigenvalue weighted by atomic mass is 9.92. The van der Waals surface area contributed by atoms with Gasteiger partial charge in [0.05, 0.1) is 6.54 Å². The molecule has 156 valence electrons. The molecule has 0 aliphatic rings. The second-order valence-corrected chi connectivity index (χ2v) is 8.37. The van der Waals surface area contributed by atoms with Crippen LogP contribution in [0, 0.1) is 5.92 Å². The zero-order chi connectivity index (χ0) is 21.3. The number of hydrogen-bond donors (Lipinski definition) is 2. The second-order valence-electron chi connectivity index (χ2n) is 8.37. The molecule has 0 aliphatic carbocycles. The molecule has 5 nitrogen and oxygen atoms in total. The van der Waals surface area contributed by atoms with Crippen LogP contribution in [0.3, 0.4) is 0 Å². The normalized spacial score (nSPS) is 13.9. The predicted octanol–water partition coefficient (Wildman–Crippen LogP) is 5.67. The van der Waals surface area contributed by atoms with E-state index in [9.17, 15) is 4.79 Å². The van der Waals surface area contributed by atoms with Gasteiger partial charge >= 0.3 is 0 Å². The van der Waals surface area contributed by atoms with Gasteiger partial charge in [0.25, 0.3) is 5.56 Å². The molecule has 2 atom stereocenters. The molecular weight excluding hydrogens is 374 g/mol. The molecule has 0 aliphatic heterocycles. The summed E-state index contributed by atoms with van der Waals surface area (Å²) in [5.41, 5.74) is 3.94. The molecule has 0 amide bonds. The van der Waals surface area contributed by atoms with Crippen LogP contribution in [-0.4, -0.2) is 9.97 Å². The molecular formula is C25H29N3O2. The molecule has 4 aromatic rings. The van der Waals surface area contributed by atoms with Gasteiger partial charge in [-0.15, -0.1) is 0 Å². The minimum atomic E-state index is -0.244. The number of aromatic nitrogens is 2. The monoisotopic (exact) mass is 403 g/mol. The summed E-state index contributed by atoms with van der Waals surface area (Å²) in [7, 11) is 0. The Kier molecular flexibility index (Phi) is 5.73. The van der Waals surface area contributed by atoms with E-state index in [-0.39, 0.29) is 17.2 Å². The molecule has 0 fully saturated rings. The summed E-state index contributed by atoms with van der Waals surface area (Å²) in [4.78, 5) is 20.1. The van der Waals surface area contributed by atoms with Gasteiger partial charge in [0.15, 0.2) is 0 Å². The Labute approximate surface area is 176 Å². The summed E-state index contributed by atoms with van der Waals surface area (Å²) in [6.45, 7) is 9.34. The summed E-state index contributed by atoms with van der Waals surface area (Å²) < 4.78 is 5.68. The average molecular weight is 404 g/mol. The maximum Gasteiger partial charge on any atom is 0.294 e. The van der Waals surface area contributed by atoms with Crippen molar-refractivity contribution in [3.8, 4) is 0 Å². The van der Waals surface area contributed by atoms with Crippen LogP contribution in [-0.2, 0) is 6.54 Å². The topological polar surface area (TPSA) is 70.9 Å². The number of aromatic amines is 1. The van der Waals surface area contributed by atoms with Crippen LogP contribution < -0.4 is 10.9 Å². The Morgan fingerprint density at radius 2 is 1.73 bits per heavy atom. The van der Waals surface area contributed by atoms with E-state index in [1.54, 1.807) is 0 Å². The largest absolute Gasteiger partial charge is 0.449 e. The number of hydrogen-bond acceptors (Lipinski definition) is 4. The van der Waals surface area contributed by atoms with Gasteiger partial charge in [-0.2, -0.15) is 0 Å². The summed E-state index contributed by atoms with van der Waals surface area (Å²) in [6.07, 6.45) is 1.13. The van der Waals surface area contributed by atoms with Gasteiger partial charge in [-0.3, -0.25) is 4.79 Å². The van der Waals surface area contributed by atoms with Crippen LogP contribution in [0.4, 0.5) is 0 Å². The Hall–Kier alpha value is -2.92. The minimum absolute atomic E-state index is 0.165.